The number of nitro benzene ring substituents is 1. The number of benzene rings is 2. The summed E-state index contributed by atoms with van der Waals surface area (Å²) in [7, 11) is 3.72. The lowest BCUT2D eigenvalue weighted by Gasteiger charge is -2.42. The molecule has 150 valence electrons. The van der Waals surface area contributed by atoms with Crippen molar-refractivity contribution in [1.29, 1.82) is 0 Å². The van der Waals surface area contributed by atoms with E-state index in [2.05, 4.69) is 22.2 Å². The van der Waals surface area contributed by atoms with E-state index >= 15 is 0 Å². The van der Waals surface area contributed by atoms with Crippen LogP contribution in [0.15, 0.2) is 48.5 Å². The molecule has 0 radical (unpaired) electrons. The van der Waals surface area contributed by atoms with Crippen LogP contribution in [-0.2, 0) is 0 Å². The molecular weight excluding hydrogens is 360 g/mol. The molecule has 0 bridgehead atoms. The summed E-state index contributed by atoms with van der Waals surface area (Å²) in [5.41, 5.74) is 1.08. The Morgan fingerprint density at radius 2 is 1.93 bits per heavy atom. The first kappa shape index (κ1) is 19.9. The third-order valence-electron chi connectivity index (χ3n) is 4.77. The van der Waals surface area contributed by atoms with Gasteiger partial charge in [0.05, 0.1) is 18.2 Å². The Balaban J connectivity index is 1.57. The number of methoxy groups -OCH3 is 1. The Labute approximate surface area is 164 Å². The summed E-state index contributed by atoms with van der Waals surface area (Å²) >= 11 is 0. The van der Waals surface area contributed by atoms with Crippen molar-refractivity contribution in [3.05, 3.63) is 58.6 Å². The molecule has 1 atom stereocenters. The maximum atomic E-state index is 10.9. The Hall–Kier alpha value is -2.84. The zero-order chi connectivity index (χ0) is 19.9. The summed E-state index contributed by atoms with van der Waals surface area (Å²) in [5.74, 6) is 1.54. The number of ether oxygens (including phenoxy) is 2. The highest BCUT2D eigenvalue weighted by molar-refractivity contribution is 5.52. The topological polar surface area (TPSA) is 80.1 Å². The average molecular weight is 386 g/mol. The van der Waals surface area contributed by atoms with Gasteiger partial charge >= 0.3 is 0 Å². The second-order valence-electron chi connectivity index (χ2n) is 6.73. The van der Waals surface area contributed by atoms with Gasteiger partial charge in [-0.2, -0.15) is 0 Å². The van der Waals surface area contributed by atoms with Crippen molar-refractivity contribution in [2.45, 2.75) is 6.17 Å². The zero-order valence-electron chi connectivity index (χ0n) is 16.2. The lowest BCUT2D eigenvalue weighted by Crippen LogP contribution is -2.59. The van der Waals surface area contributed by atoms with E-state index in [0.29, 0.717) is 13.2 Å². The molecule has 1 aliphatic rings. The van der Waals surface area contributed by atoms with Gasteiger partial charge in [-0.3, -0.25) is 15.4 Å². The zero-order valence-corrected chi connectivity index (χ0v) is 16.2. The maximum Gasteiger partial charge on any atom is 0.269 e. The van der Waals surface area contributed by atoms with Crippen LogP contribution >= 0.6 is 0 Å². The van der Waals surface area contributed by atoms with Crippen molar-refractivity contribution in [1.82, 2.24) is 10.2 Å². The standard InChI is InChI=1S/C20H26N4O4/c1-22-11-12-23(16-6-8-17(9-7-16)24(25)26)20(15-22)21-10-13-28-19-5-3-4-18(14-19)27-2/h3-9,14,20-21H,10-13,15H2,1-2H3/t20-/m1/s1. The van der Waals surface area contributed by atoms with E-state index in [4.69, 9.17) is 9.47 Å². The van der Waals surface area contributed by atoms with Gasteiger partial charge in [-0.25, -0.2) is 0 Å². The predicted octanol–water partition coefficient (Wildman–Crippen LogP) is 2.35. The van der Waals surface area contributed by atoms with E-state index in [1.165, 1.54) is 0 Å². The first-order chi connectivity index (χ1) is 13.6. The highest BCUT2D eigenvalue weighted by Gasteiger charge is 2.25. The highest BCUT2D eigenvalue weighted by Crippen LogP contribution is 2.23. The van der Waals surface area contributed by atoms with Gasteiger partial charge in [0.15, 0.2) is 0 Å². The van der Waals surface area contributed by atoms with Gasteiger partial charge in [0, 0.05) is 50.1 Å². The molecule has 0 amide bonds. The molecule has 8 heteroatoms. The number of nitrogens with zero attached hydrogens (tertiary/aromatic N) is 3. The fourth-order valence-electron chi connectivity index (χ4n) is 3.25. The average Bonchev–Trinajstić information content (AvgIpc) is 2.71. The molecule has 1 saturated heterocycles. The fourth-order valence-corrected chi connectivity index (χ4v) is 3.25. The fraction of sp³-hybridized carbons (Fsp3) is 0.400. The van der Waals surface area contributed by atoms with E-state index in [-0.39, 0.29) is 16.8 Å². The smallest absolute Gasteiger partial charge is 0.269 e. The summed E-state index contributed by atoms with van der Waals surface area (Å²) in [6.07, 6.45) is 0.106. The van der Waals surface area contributed by atoms with Gasteiger partial charge in [0.2, 0.25) is 0 Å². The second kappa shape index (κ2) is 9.38. The van der Waals surface area contributed by atoms with Crippen molar-refractivity contribution in [2.75, 3.05) is 51.8 Å². The third kappa shape index (κ3) is 5.11. The summed E-state index contributed by atoms with van der Waals surface area (Å²) in [6.45, 7) is 3.86. The van der Waals surface area contributed by atoms with Crippen LogP contribution in [0.3, 0.4) is 0 Å². The molecule has 3 rings (SSSR count). The van der Waals surface area contributed by atoms with Gasteiger partial charge in [-0.1, -0.05) is 6.07 Å². The molecule has 0 aliphatic carbocycles. The van der Waals surface area contributed by atoms with Crippen LogP contribution in [-0.4, -0.2) is 62.9 Å². The molecule has 1 N–H and O–H groups in total. The van der Waals surface area contributed by atoms with Crippen molar-refractivity contribution in [3.63, 3.8) is 0 Å². The van der Waals surface area contributed by atoms with Crippen molar-refractivity contribution >= 4 is 11.4 Å². The van der Waals surface area contributed by atoms with Crippen LogP contribution in [0.5, 0.6) is 11.5 Å². The van der Waals surface area contributed by atoms with E-state index in [1.54, 1.807) is 19.2 Å². The second-order valence-corrected chi connectivity index (χ2v) is 6.73. The minimum Gasteiger partial charge on any atom is -0.497 e. The van der Waals surface area contributed by atoms with Gasteiger partial charge < -0.3 is 19.3 Å². The number of hydrogen-bond donors (Lipinski definition) is 1. The molecule has 0 unspecified atom stereocenters. The number of anilines is 1. The Kier molecular flexibility index (Phi) is 6.67. The molecule has 0 saturated carbocycles. The number of rotatable bonds is 8. The number of piperazine rings is 1. The molecule has 2 aromatic rings. The minimum absolute atomic E-state index is 0.106. The lowest BCUT2D eigenvalue weighted by molar-refractivity contribution is -0.384. The number of likely N-dealkylation sites (N-methyl/N-ethyl adjacent to an activating group) is 1. The third-order valence-corrected chi connectivity index (χ3v) is 4.77. The van der Waals surface area contributed by atoms with Crippen LogP contribution in [0.4, 0.5) is 11.4 Å². The molecule has 0 aromatic heterocycles. The van der Waals surface area contributed by atoms with E-state index < -0.39 is 0 Å². The number of nitrogens with one attached hydrogen (secondary N) is 1. The van der Waals surface area contributed by atoms with Crippen LogP contribution in [0.2, 0.25) is 0 Å². The predicted molar refractivity (Wildman–Crippen MR) is 108 cm³/mol. The minimum atomic E-state index is -0.376. The SMILES string of the molecule is COc1cccc(OCCN[C@H]2CN(C)CCN2c2ccc([N+](=O)[O-])cc2)c1. The van der Waals surface area contributed by atoms with Crippen molar-refractivity contribution in [2.24, 2.45) is 0 Å². The molecule has 28 heavy (non-hydrogen) atoms. The lowest BCUT2D eigenvalue weighted by atomic mass is 10.2. The quantitative estimate of drug-likeness (QED) is 0.424. The molecule has 8 nitrogen and oxygen atoms in total. The molecule has 1 heterocycles. The first-order valence-electron chi connectivity index (χ1n) is 9.26. The van der Waals surface area contributed by atoms with Gasteiger partial charge in [0.25, 0.3) is 5.69 Å². The Morgan fingerprint density at radius 1 is 1.18 bits per heavy atom. The normalized spacial score (nSPS) is 17.4. The first-order valence-corrected chi connectivity index (χ1v) is 9.26. The van der Waals surface area contributed by atoms with Gasteiger partial charge in [0.1, 0.15) is 18.1 Å². The van der Waals surface area contributed by atoms with E-state index in [9.17, 15) is 10.1 Å². The molecule has 1 fully saturated rings. The number of nitro groups is 1. The monoisotopic (exact) mass is 386 g/mol. The largest absolute Gasteiger partial charge is 0.497 e. The molecule has 2 aromatic carbocycles. The number of non-ortho nitro benzene ring substituents is 1. The van der Waals surface area contributed by atoms with E-state index in [0.717, 1.165) is 36.8 Å². The van der Waals surface area contributed by atoms with Crippen LogP contribution in [0.1, 0.15) is 0 Å². The van der Waals surface area contributed by atoms with Gasteiger partial charge in [-0.15, -0.1) is 0 Å². The Bertz CT molecular complexity index is 784. The molecule has 1 aliphatic heterocycles. The molecular formula is C20H26N4O4. The van der Waals surface area contributed by atoms with Crippen molar-refractivity contribution in [3.8, 4) is 11.5 Å². The Morgan fingerprint density at radius 3 is 2.64 bits per heavy atom. The summed E-state index contributed by atoms with van der Waals surface area (Å²) in [6, 6.07) is 14.3. The van der Waals surface area contributed by atoms with Crippen molar-refractivity contribution < 1.29 is 14.4 Å². The summed E-state index contributed by atoms with van der Waals surface area (Å²) in [5, 5.41) is 14.4. The summed E-state index contributed by atoms with van der Waals surface area (Å²) in [4.78, 5) is 15.0. The summed E-state index contributed by atoms with van der Waals surface area (Å²) < 4.78 is 11.0. The number of hydrogen-bond acceptors (Lipinski definition) is 7. The van der Waals surface area contributed by atoms with Gasteiger partial charge in [-0.05, 0) is 31.3 Å². The highest BCUT2D eigenvalue weighted by atomic mass is 16.6. The molecule has 0 spiro atoms. The van der Waals surface area contributed by atoms with Crippen LogP contribution < -0.4 is 19.7 Å². The van der Waals surface area contributed by atoms with E-state index in [1.807, 2.05) is 36.4 Å². The van der Waals surface area contributed by atoms with Crippen LogP contribution in [0, 0.1) is 10.1 Å². The van der Waals surface area contributed by atoms with Crippen LogP contribution in [0.25, 0.3) is 0 Å². The maximum absolute atomic E-state index is 10.9.